The van der Waals surface area contributed by atoms with Crippen LogP contribution in [0.3, 0.4) is 0 Å². The fraction of sp³-hybridized carbons (Fsp3) is 1.00. The number of piperazine rings is 1. The molecule has 0 N–H and O–H groups in total. The standard InChI is InChI=1S/C15H31N3OS/c1-14(2)18-5-3-15(4-6-18)13-17-9-7-16(8-10-17)11-12-19-20/h14-15,20H,3-13H2,1-2H3. The van der Waals surface area contributed by atoms with Crippen molar-refractivity contribution in [2.75, 3.05) is 59.0 Å². The van der Waals surface area contributed by atoms with Crippen LogP contribution in [0.1, 0.15) is 26.7 Å². The van der Waals surface area contributed by atoms with Crippen LogP contribution in [0, 0.1) is 5.92 Å². The summed E-state index contributed by atoms with van der Waals surface area (Å²) in [4.78, 5) is 7.76. The fourth-order valence-electron chi connectivity index (χ4n) is 3.38. The van der Waals surface area contributed by atoms with E-state index in [9.17, 15) is 0 Å². The van der Waals surface area contributed by atoms with Crippen molar-refractivity contribution in [2.24, 2.45) is 5.92 Å². The predicted molar refractivity (Wildman–Crippen MR) is 87.3 cm³/mol. The Morgan fingerprint density at radius 2 is 1.60 bits per heavy atom. The third kappa shape index (κ3) is 5.19. The molecule has 0 aromatic heterocycles. The fourth-order valence-corrected chi connectivity index (χ4v) is 3.46. The SMILES string of the molecule is CC(C)N1CCC(CN2CCN(CCOS)CC2)CC1. The van der Waals surface area contributed by atoms with Crippen LogP contribution in [-0.2, 0) is 4.18 Å². The minimum absolute atomic E-state index is 0.716. The van der Waals surface area contributed by atoms with Gasteiger partial charge in [-0.25, -0.2) is 0 Å². The van der Waals surface area contributed by atoms with Crippen molar-refractivity contribution in [3.8, 4) is 0 Å². The number of thiol groups is 1. The van der Waals surface area contributed by atoms with Crippen LogP contribution in [0.4, 0.5) is 0 Å². The lowest BCUT2D eigenvalue weighted by Crippen LogP contribution is -2.49. The first-order valence-corrected chi connectivity index (χ1v) is 8.50. The molecule has 2 aliphatic rings. The third-order valence-corrected chi connectivity index (χ3v) is 5.04. The molecule has 2 fully saturated rings. The second-order valence-electron chi connectivity index (χ2n) is 6.55. The zero-order valence-corrected chi connectivity index (χ0v) is 14.0. The Morgan fingerprint density at radius 1 is 1.00 bits per heavy atom. The van der Waals surface area contributed by atoms with E-state index in [1.165, 1.54) is 58.7 Å². The van der Waals surface area contributed by atoms with Gasteiger partial charge in [-0.15, -0.1) is 0 Å². The molecule has 0 unspecified atom stereocenters. The number of hydrogen-bond acceptors (Lipinski definition) is 5. The van der Waals surface area contributed by atoms with Crippen LogP contribution >= 0.6 is 12.9 Å². The summed E-state index contributed by atoms with van der Waals surface area (Å²) in [6.07, 6.45) is 2.76. The van der Waals surface area contributed by atoms with E-state index in [4.69, 9.17) is 4.18 Å². The van der Waals surface area contributed by atoms with Gasteiger partial charge in [-0.05, 0) is 58.6 Å². The monoisotopic (exact) mass is 301 g/mol. The maximum Gasteiger partial charge on any atom is 0.0737 e. The molecule has 118 valence electrons. The number of piperidine rings is 1. The van der Waals surface area contributed by atoms with Crippen LogP contribution < -0.4 is 0 Å². The number of hydrogen-bond donors (Lipinski definition) is 1. The van der Waals surface area contributed by atoms with E-state index in [0.29, 0.717) is 6.04 Å². The van der Waals surface area contributed by atoms with Crippen molar-refractivity contribution in [3.05, 3.63) is 0 Å². The molecule has 0 aromatic carbocycles. The quantitative estimate of drug-likeness (QED) is 0.593. The maximum atomic E-state index is 4.86. The van der Waals surface area contributed by atoms with Gasteiger partial charge < -0.3 is 14.0 Å². The van der Waals surface area contributed by atoms with Gasteiger partial charge in [-0.2, -0.15) is 0 Å². The molecule has 5 heteroatoms. The molecule has 0 radical (unpaired) electrons. The Bertz CT molecular complexity index is 262. The number of likely N-dealkylation sites (tertiary alicyclic amines) is 1. The molecule has 4 nitrogen and oxygen atoms in total. The average Bonchev–Trinajstić information content (AvgIpc) is 2.47. The summed E-state index contributed by atoms with van der Waals surface area (Å²) in [6.45, 7) is 15.1. The van der Waals surface area contributed by atoms with E-state index < -0.39 is 0 Å². The highest BCUT2D eigenvalue weighted by molar-refractivity contribution is 7.75. The highest BCUT2D eigenvalue weighted by atomic mass is 32.1. The van der Waals surface area contributed by atoms with E-state index in [1.807, 2.05) is 0 Å². The molecule has 20 heavy (non-hydrogen) atoms. The van der Waals surface area contributed by atoms with Gasteiger partial charge >= 0.3 is 0 Å². The Balaban J connectivity index is 1.61. The van der Waals surface area contributed by atoms with Crippen molar-refractivity contribution in [3.63, 3.8) is 0 Å². The van der Waals surface area contributed by atoms with Gasteiger partial charge in [0.25, 0.3) is 0 Å². The smallest absolute Gasteiger partial charge is 0.0737 e. The van der Waals surface area contributed by atoms with Crippen LogP contribution in [0.15, 0.2) is 0 Å². The lowest BCUT2D eigenvalue weighted by molar-refractivity contribution is 0.0831. The first kappa shape index (κ1) is 16.6. The Labute approximate surface area is 130 Å². The van der Waals surface area contributed by atoms with Crippen molar-refractivity contribution in [1.82, 2.24) is 14.7 Å². The van der Waals surface area contributed by atoms with Gasteiger partial charge in [0.1, 0.15) is 0 Å². The Morgan fingerprint density at radius 3 is 2.15 bits per heavy atom. The second kappa shape index (κ2) is 8.59. The molecule has 0 aliphatic carbocycles. The second-order valence-corrected chi connectivity index (χ2v) is 6.81. The predicted octanol–water partition coefficient (Wildman–Crippen LogP) is 1.59. The lowest BCUT2D eigenvalue weighted by atomic mass is 9.95. The van der Waals surface area contributed by atoms with E-state index in [1.54, 1.807) is 0 Å². The number of nitrogens with zero attached hydrogens (tertiary/aromatic N) is 3. The van der Waals surface area contributed by atoms with Crippen LogP contribution in [0.5, 0.6) is 0 Å². The van der Waals surface area contributed by atoms with Crippen molar-refractivity contribution in [1.29, 1.82) is 0 Å². The minimum atomic E-state index is 0.716. The summed E-state index contributed by atoms with van der Waals surface area (Å²) in [5, 5.41) is 0. The Hall–Kier alpha value is 0.190. The molecule has 0 aromatic rings. The zero-order valence-electron chi connectivity index (χ0n) is 13.1. The van der Waals surface area contributed by atoms with Crippen LogP contribution in [0.25, 0.3) is 0 Å². The largest absolute Gasteiger partial charge is 0.317 e. The maximum absolute atomic E-state index is 4.86. The average molecular weight is 302 g/mol. The normalized spacial score (nSPS) is 24.6. The lowest BCUT2D eigenvalue weighted by Gasteiger charge is -2.39. The molecule has 0 saturated carbocycles. The molecule has 0 amide bonds. The molecule has 2 rings (SSSR count). The molecular formula is C15H31N3OS. The van der Waals surface area contributed by atoms with Gasteiger partial charge in [-0.1, -0.05) is 0 Å². The van der Waals surface area contributed by atoms with Crippen molar-refractivity contribution < 1.29 is 4.18 Å². The first-order valence-electron chi connectivity index (χ1n) is 8.14. The van der Waals surface area contributed by atoms with E-state index in [0.717, 1.165) is 19.1 Å². The summed E-state index contributed by atoms with van der Waals surface area (Å²) >= 11 is 3.81. The van der Waals surface area contributed by atoms with Gasteiger partial charge in [0.05, 0.1) is 6.61 Å². The summed E-state index contributed by atoms with van der Waals surface area (Å²) in [5.74, 6) is 0.914. The van der Waals surface area contributed by atoms with Gasteiger partial charge in [-0.3, -0.25) is 4.90 Å². The topological polar surface area (TPSA) is 19.0 Å². The highest BCUT2D eigenvalue weighted by Crippen LogP contribution is 2.20. The molecule has 2 aliphatic heterocycles. The molecular weight excluding hydrogens is 270 g/mol. The van der Waals surface area contributed by atoms with E-state index in [-0.39, 0.29) is 0 Å². The third-order valence-electron chi connectivity index (χ3n) is 4.86. The molecule has 2 saturated heterocycles. The van der Waals surface area contributed by atoms with Crippen LogP contribution in [-0.4, -0.2) is 79.7 Å². The van der Waals surface area contributed by atoms with Crippen molar-refractivity contribution >= 4 is 12.9 Å². The molecule has 0 spiro atoms. The highest BCUT2D eigenvalue weighted by Gasteiger charge is 2.24. The van der Waals surface area contributed by atoms with Gasteiger partial charge in [0.15, 0.2) is 0 Å². The van der Waals surface area contributed by atoms with E-state index in [2.05, 4.69) is 41.5 Å². The Kier molecular flexibility index (Phi) is 7.11. The van der Waals surface area contributed by atoms with Gasteiger partial charge in [0.2, 0.25) is 0 Å². The summed E-state index contributed by atoms with van der Waals surface area (Å²) in [6, 6.07) is 0.716. The summed E-state index contributed by atoms with van der Waals surface area (Å²) in [5.41, 5.74) is 0. The van der Waals surface area contributed by atoms with Gasteiger partial charge in [0, 0.05) is 45.3 Å². The summed E-state index contributed by atoms with van der Waals surface area (Å²) < 4.78 is 4.86. The van der Waals surface area contributed by atoms with Crippen molar-refractivity contribution in [2.45, 2.75) is 32.7 Å². The van der Waals surface area contributed by atoms with E-state index >= 15 is 0 Å². The summed E-state index contributed by atoms with van der Waals surface area (Å²) in [7, 11) is 0. The number of rotatable bonds is 6. The first-order chi connectivity index (χ1) is 9.69. The zero-order chi connectivity index (χ0) is 14.4. The molecule has 0 bridgehead atoms. The molecule has 2 heterocycles. The molecule has 0 atom stereocenters. The minimum Gasteiger partial charge on any atom is -0.317 e. The van der Waals surface area contributed by atoms with Crippen LogP contribution in [0.2, 0.25) is 0 Å².